The molecule has 0 unspecified atom stereocenters. The molecule has 0 aliphatic carbocycles. The predicted molar refractivity (Wildman–Crippen MR) is 83.1 cm³/mol. The van der Waals surface area contributed by atoms with E-state index in [1.54, 1.807) is 29.1 Å². The van der Waals surface area contributed by atoms with Crippen molar-refractivity contribution in [2.75, 3.05) is 5.73 Å². The Bertz CT molecular complexity index is 828. The largest absolute Gasteiger partial charge is 0.396 e. The predicted octanol–water partition coefficient (Wildman–Crippen LogP) is 3.65. The van der Waals surface area contributed by atoms with Crippen molar-refractivity contribution in [3.8, 4) is 23.0 Å². The van der Waals surface area contributed by atoms with E-state index in [0.717, 1.165) is 11.3 Å². The van der Waals surface area contributed by atoms with Crippen LogP contribution in [0.3, 0.4) is 0 Å². The van der Waals surface area contributed by atoms with Gasteiger partial charge in [0.1, 0.15) is 5.69 Å². The number of nitrogens with zero attached hydrogens (tertiary/aromatic N) is 3. The van der Waals surface area contributed by atoms with E-state index in [0.29, 0.717) is 22.0 Å². The lowest BCUT2D eigenvalue weighted by molar-refractivity contribution is 0.885. The molecule has 2 aromatic carbocycles. The summed E-state index contributed by atoms with van der Waals surface area (Å²) >= 11 is 6.17. The van der Waals surface area contributed by atoms with Crippen molar-refractivity contribution in [2.45, 2.75) is 0 Å². The average Bonchev–Trinajstić information content (AvgIpc) is 2.89. The molecular formula is C16H11ClN4. The molecule has 0 saturated carbocycles. The second-order valence-corrected chi connectivity index (χ2v) is 4.93. The lowest BCUT2D eigenvalue weighted by Gasteiger charge is -2.03. The quantitative estimate of drug-likeness (QED) is 0.784. The maximum Gasteiger partial charge on any atom is 0.116 e. The zero-order chi connectivity index (χ0) is 14.8. The van der Waals surface area contributed by atoms with E-state index in [9.17, 15) is 0 Å². The average molecular weight is 295 g/mol. The minimum atomic E-state index is 0.555. The number of aromatic nitrogens is 2. The molecule has 1 heterocycles. The third kappa shape index (κ3) is 2.47. The third-order valence-electron chi connectivity index (χ3n) is 3.13. The van der Waals surface area contributed by atoms with E-state index in [-0.39, 0.29) is 0 Å². The first-order chi connectivity index (χ1) is 10.2. The van der Waals surface area contributed by atoms with E-state index in [2.05, 4.69) is 11.2 Å². The molecule has 5 heteroatoms. The van der Waals surface area contributed by atoms with Gasteiger partial charge in [-0.3, -0.25) is 0 Å². The van der Waals surface area contributed by atoms with Gasteiger partial charge in [0.15, 0.2) is 0 Å². The Balaban J connectivity index is 2.06. The van der Waals surface area contributed by atoms with Crippen molar-refractivity contribution < 1.29 is 0 Å². The van der Waals surface area contributed by atoms with Gasteiger partial charge in [0.25, 0.3) is 0 Å². The highest BCUT2D eigenvalue weighted by atomic mass is 35.5. The number of benzene rings is 2. The van der Waals surface area contributed by atoms with Gasteiger partial charge in [-0.1, -0.05) is 35.9 Å². The van der Waals surface area contributed by atoms with Crippen LogP contribution < -0.4 is 5.73 Å². The summed E-state index contributed by atoms with van der Waals surface area (Å²) in [7, 11) is 0. The Labute approximate surface area is 127 Å². The number of hydrogen-bond donors (Lipinski definition) is 1. The molecule has 102 valence electrons. The van der Waals surface area contributed by atoms with Crippen molar-refractivity contribution in [2.24, 2.45) is 0 Å². The molecule has 1 aromatic heterocycles. The molecule has 2 N–H and O–H groups in total. The lowest BCUT2D eigenvalue weighted by atomic mass is 10.1. The second kappa shape index (κ2) is 5.31. The molecule has 0 aliphatic heterocycles. The zero-order valence-electron chi connectivity index (χ0n) is 11.0. The third-order valence-corrected chi connectivity index (χ3v) is 3.45. The Morgan fingerprint density at radius 1 is 1.10 bits per heavy atom. The van der Waals surface area contributed by atoms with Gasteiger partial charge in [-0.15, -0.1) is 0 Å². The topological polar surface area (TPSA) is 67.6 Å². The van der Waals surface area contributed by atoms with Gasteiger partial charge in [-0.05, 0) is 24.3 Å². The number of para-hydroxylation sites is 1. The monoisotopic (exact) mass is 294 g/mol. The first kappa shape index (κ1) is 13.2. The highest BCUT2D eigenvalue weighted by Crippen LogP contribution is 2.27. The maximum atomic E-state index is 8.83. The van der Waals surface area contributed by atoms with Gasteiger partial charge in [0.2, 0.25) is 0 Å². The Morgan fingerprint density at radius 3 is 2.48 bits per heavy atom. The van der Waals surface area contributed by atoms with E-state index < -0.39 is 0 Å². The summed E-state index contributed by atoms with van der Waals surface area (Å²) in [5.41, 5.74) is 9.49. The number of anilines is 1. The highest BCUT2D eigenvalue weighted by molar-refractivity contribution is 6.32. The summed E-state index contributed by atoms with van der Waals surface area (Å²) in [5, 5.41) is 13.9. The summed E-state index contributed by atoms with van der Waals surface area (Å²) in [6, 6.07) is 16.6. The molecule has 0 saturated heterocycles. The van der Waals surface area contributed by atoms with Gasteiger partial charge >= 0.3 is 0 Å². The Kier molecular flexibility index (Phi) is 3.35. The van der Waals surface area contributed by atoms with Crippen molar-refractivity contribution in [3.63, 3.8) is 0 Å². The molecule has 3 rings (SSSR count). The highest BCUT2D eigenvalue weighted by Gasteiger charge is 2.11. The summed E-state index contributed by atoms with van der Waals surface area (Å²) in [4.78, 5) is 0. The van der Waals surface area contributed by atoms with Crippen LogP contribution in [-0.2, 0) is 0 Å². The molecule has 0 aliphatic rings. The van der Waals surface area contributed by atoms with Crippen LogP contribution in [-0.4, -0.2) is 9.78 Å². The fourth-order valence-corrected chi connectivity index (χ4v) is 2.30. The molecule has 0 fully saturated rings. The Morgan fingerprint density at radius 2 is 1.81 bits per heavy atom. The van der Waals surface area contributed by atoms with Crippen LogP contribution in [0.4, 0.5) is 5.69 Å². The maximum absolute atomic E-state index is 8.83. The van der Waals surface area contributed by atoms with Crippen LogP contribution in [0.5, 0.6) is 0 Å². The smallest absolute Gasteiger partial charge is 0.116 e. The van der Waals surface area contributed by atoms with Gasteiger partial charge in [0.05, 0.1) is 34.2 Å². The Hall–Kier alpha value is -2.77. The van der Waals surface area contributed by atoms with Crippen LogP contribution in [0.25, 0.3) is 16.9 Å². The molecule has 0 radical (unpaired) electrons. The standard InChI is InChI=1S/C16H11ClN4/c17-13-3-1-2-4-15(13)21-10-14(19)16(20-21)12-7-5-11(9-18)6-8-12/h1-8,10H,19H2. The van der Waals surface area contributed by atoms with Crippen molar-refractivity contribution in [3.05, 3.63) is 65.3 Å². The SMILES string of the molecule is N#Cc1ccc(-c2nn(-c3ccccc3Cl)cc2N)cc1. The van der Waals surface area contributed by atoms with E-state index >= 15 is 0 Å². The second-order valence-electron chi connectivity index (χ2n) is 4.52. The van der Waals surface area contributed by atoms with Gasteiger partial charge < -0.3 is 5.73 Å². The molecule has 21 heavy (non-hydrogen) atoms. The van der Waals surface area contributed by atoms with Crippen LogP contribution in [0.2, 0.25) is 5.02 Å². The van der Waals surface area contributed by atoms with Crippen molar-refractivity contribution in [1.29, 1.82) is 5.26 Å². The van der Waals surface area contributed by atoms with E-state index in [1.165, 1.54) is 0 Å². The number of nitriles is 1. The van der Waals surface area contributed by atoms with E-state index in [1.807, 2.05) is 30.3 Å². The number of nitrogens with two attached hydrogens (primary N) is 1. The van der Waals surface area contributed by atoms with E-state index in [4.69, 9.17) is 22.6 Å². The van der Waals surface area contributed by atoms with Gasteiger partial charge in [0, 0.05) is 5.56 Å². The van der Waals surface area contributed by atoms with Crippen LogP contribution in [0.1, 0.15) is 5.56 Å². The van der Waals surface area contributed by atoms with Crippen LogP contribution in [0.15, 0.2) is 54.7 Å². The van der Waals surface area contributed by atoms with Crippen molar-refractivity contribution >= 4 is 17.3 Å². The molecular weight excluding hydrogens is 284 g/mol. The van der Waals surface area contributed by atoms with Gasteiger partial charge in [-0.2, -0.15) is 10.4 Å². The molecule has 0 amide bonds. The summed E-state index contributed by atoms with van der Waals surface area (Å²) in [5.74, 6) is 0. The molecule has 0 bridgehead atoms. The molecule has 4 nitrogen and oxygen atoms in total. The van der Waals surface area contributed by atoms with Crippen LogP contribution >= 0.6 is 11.6 Å². The minimum Gasteiger partial charge on any atom is -0.396 e. The fourth-order valence-electron chi connectivity index (χ4n) is 2.08. The molecule has 0 spiro atoms. The summed E-state index contributed by atoms with van der Waals surface area (Å²) < 4.78 is 1.66. The first-order valence-electron chi connectivity index (χ1n) is 6.29. The van der Waals surface area contributed by atoms with Crippen molar-refractivity contribution in [1.82, 2.24) is 9.78 Å². The van der Waals surface area contributed by atoms with Crippen LogP contribution in [0, 0.1) is 11.3 Å². The normalized spacial score (nSPS) is 10.3. The fraction of sp³-hybridized carbons (Fsp3) is 0. The number of rotatable bonds is 2. The lowest BCUT2D eigenvalue weighted by Crippen LogP contribution is -1.95. The minimum absolute atomic E-state index is 0.555. The molecule has 0 atom stereocenters. The number of nitrogen functional groups attached to an aromatic ring is 1. The number of halogens is 1. The number of hydrogen-bond acceptors (Lipinski definition) is 3. The first-order valence-corrected chi connectivity index (χ1v) is 6.67. The summed E-state index contributed by atoms with van der Waals surface area (Å²) in [6.45, 7) is 0. The zero-order valence-corrected chi connectivity index (χ0v) is 11.7. The van der Waals surface area contributed by atoms with Gasteiger partial charge in [-0.25, -0.2) is 4.68 Å². The summed E-state index contributed by atoms with van der Waals surface area (Å²) in [6.07, 6.45) is 1.73. The molecule has 3 aromatic rings.